The SMILES string of the molecule is CC(C)n1c2ccc(O)cc2c2c3c(c4c(c21)CCc1nn(C)cc1-4)C(=O)NC3.CC(C)n1c2ccc(Oc3ncccn3)cc2c2c3c(c4c(c21)CCc1nn(C)cc1-4)C(=O)NC3.Cc1ncccn1. The molecule has 356 valence electrons. The number of carbonyl (C=O) groups excluding carboxylic acids is 2. The topological polar surface area (TPSA) is 185 Å². The number of carbonyl (C=O) groups is 2. The average molecular weight is 945 g/mol. The van der Waals surface area contributed by atoms with Crippen LogP contribution in [0.2, 0.25) is 0 Å². The van der Waals surface area contributed by atoms with Gasteiger partial charge in [-0.3, -0.25) is 19.0 Å². The van der Waals surface area contributed by atoms with E-state index in [1.54, 1.807) is 43.0 Å². The predicted octanol–water partition coefficient (Wildman–Crippen LogP) is 9.31. The van der Waals surface area contributed by atoms with Crippen molar-refractivity contribution in [1.82, 2.24) is 59.3 Å². The van der Waals surface area contributed by atoms with Crippen LogP contribution >= 0.6 is 0 Å². The summed E-state index contributed by atoms with van der Waals surface area (Å²) in [6.07, 6.45) is 14.3. The summed E-state index contributed by atoms with van der Waals surface area (Å²) >= 11 is 0. The molecule has 2 aliphatic carbocycles. The summed E-state index contributed by atoms with van der Waals surface area (Å²) in [6.45, 7) is 11.7. The molecule has 4 aliphatic rings. The number of benzene rings is 4. The Labute approximate surface area is 408 Å². The van der Waals surface area contributed by atoms with Gasteiger partial charge in [0.15, 0.2) is 0 Å². The number of aromatic nitrogens is 10. The number of hydrogen-bond donors (Lipinski definition) is 3. The second-order valence-corrected chi connectivity index (χ2v) is 19.3. The van der Waals surface area contributed by atoms with Crippen LogP contribution in [0.4, 0.5) is 0 Å². The van der Waals surface area contributed by atoms with Crippen LogP contribution in [0.25, 0.3) is 65.9 Å². The predicted molar refractivity (Wildman–Crippen MR) is 272 cm³/mol. The van der Waals surface area contributed by atoms with Gasteiger partial charge in [-0.15, -0.1) is 0 Å². The molecule has 8 heterocycles. The molecule has 0 fully saturated rings. The van der Waals surface area contributed by atoms with Crippen molar-refractivity contribution in [2.45, 2.75) is 85.5 Å². The van der Waals surface area contributed by atoms with Gasteiger partial charge in [-0.2, -0.15) is 10.2 Å². The molecule has 6 aromatic heterocycles. The normalized spacial score (nSPS) is 14.1. The number of nitrogens with one attached hydrogen (secondary N) is 2. The maximum Gasteiger partial charge on any atom is 0.321 e. The molecule has 0 spiro atoms. The van der Waals surface area contributed by atoms with Gasteiger partial charge in [0.25, 0.3) is 11.8 Å². The Bertz CT molecular complexity index is 3840. The fraction of sp³-hybridized carbons (Fsp3) is 0.273. The summed E-state index contributed by atoms with van der Waals surface area (Å²) in [5, 5.41) is 30.0. The third-order valence-corrected chi connectivity index (χ3v) is 14.2. The number of phenols is 1. The molecule has 10 aromatic rings. The summed E-state index contributed by atoms with van der Waals surface area (Å²) in [4.78, 5) is 42.3. The minimum atomic E-state index is -0.0135. The quantitative estimate of drug-likeness (QED) is 0.154. The van der Waals surface area contributed by atoms with Gasteiger partial charge in [0.2, 0.25) is 0 Å². The van der Waals surface area contributed by atoms with E-state index >= 15 is 0 Å². The molecule has 3 N–H and O–H groups in total. The lowest BCUT2D eigenvalue weighted by atomic mass is 9.82. The lowest BCUT2D eigenvalue weighted by Gasteiger charge is -2.22. The Morgan fingerprint density at radius 3 is 1.56 bits per heavy atom. The molecule has 14 rings (SSSR count). The van der Waals surface area contributed by atoms with Gasteiger partial charge < -0.3 is 29.6 Å². The van der Waals surface area contributed by atoms with Gasteiger partial charge >= 0.3 is 6.01 Å². The van der Waals surface area contributed by atoms with Crippen LogP contribution < -0.4 is 15.4 Å². The number of ether oxygens (including phenoxy) is 1. The molecule has 0 bridgehead atoms. The highest BCUT2D eigenvalue weighted by Crippen LogP contribution is 2.50. The van der Waals surface area contributed by atoms with Gasteiger partial charge in [0.1, 0.15) is 17.3 Å². The van der Waals surface area contributed by atoms with Crippen LogP contribution in [0.1, 0.15) is 100.0 Å². The van der Waals surface area contributed by atoms with Crippen LogP contribution in [0.3, 0.4) is 0 Å². The van der Waals surface area contributed by atoms with Gasteiger partial charge in [0.05, 0.1) is 33.5 Å². The van der Waals surface area contributed by atoms with E-state index in [1.165, 1.54) is 22.2 Å². The maximum atomic E-state index is 13.2. The molecular formula is C55H52N12O4. The third-order valence-electron chi connectivity index (χ3n) is 14.2. The number of fused-ring (bicyclic) bond motifs is 20. The van der Waals surface area contributed by atoms with Crippen LogP contribution in [-0.2, 0) is 52.9 Å². The van der Waals surface area contributed by atoms with Crippen LogP contribution in [0, 0.1) is 6.92 Å². The Balaban J connectivity index is 0.000000130. The highest BCUT2D eigenvalue weighted by atomic mass is 16.5. The average Bonchev–Trinajstić information content (AvgIpc) is 4.22. The summed E-state index contributed by atoms with van der Waals surface area (Å²) in [5.74, 6) is 1.72. The number of aromatic hydroxyl groups is 1. The molecule has 0 saturated carbocycles. The van der Waals surface area contributed by atoms with E-state index < -0.39 is 0 Å². The minimum absolute atomic E-state index is 0.00890. The number of nitrogens with zero attached hydrogens (tertiary/aromatic N) is 10. The monoisotopic (exact) mass is 944 g/mol. The van der Waals surface area contributed by atoms with E-state index in [9.17, 15) is 14.7 Å². The van der Waals surface area contributed by atoms with E-state index in [0.717, 1.165) is 120 Å². The number of amides is 2. The van der Waals surface area contributed by atoms with Crippen molar-refractivity contribution in [3.63, 3.8) is 0 Å². The lowest BCUT2D eigenvalue weighted by Crippen LogP contribution is -2.15. The van der Waals surface area contributed by atoms with Crippen molar-refractivity contribution in [3.05, 3.63) is 136 Å². The van der Waals surface area contributed by atoms with Crippen LogP contribution in [0.5, 0.6) is 17.5 Å². The molecule has 2 amide bonds. The van der Waals surface area contributed by atoms with Crippen LogP contribution in [-0.4, -0.2) is 65.6 Å². The van der Waals surface area contributed by atoms with Crippen molar-refractivity contribution < 1.29 is 19.4 Å². The lowest BCUT2D eigenvalue weighted by molar-refractivity contribution is 0.0958. The molecule has 4 aromatic carbocycles. The maximum absolute atomic E-state index is 13.2. The fourth-order valence-corrected chi connectivity index (χ4v) is 11.6. The van der Waals surface area contributed by atoms with E-state index in [0.29, 0.717) is 24.8 Å². The summed E-state index contributed by atoms with van der Waals surface area (Å²) in [6, 6.07) is 16.1. The van der Waals surface area contributed by atoms with E-state index in [4.69, 9.17) is 4.74 Å². The molecule has 0 unspecified atom stereocenters. The number of rotatable bonds is 4. The summed E-state index contributed by atoms with van der Waals surface area (Å²) < 4.78 is 14.5. The number of aryl methyl sites for hydroxylation is 7. The van der Waals surface area contributed by atoms with Gasteiger partial charge in [-0.25, -0.2) is 19.9 Å². The zero-order valence-corrected chi connectivity index (χ0v) is 40.6. The minimum Gasteiger partial charge on any atom is -0.508 e. The Morgan fingerprint density at radius 2 is 1.08 bits per heavy atom. The summed E-state index contributed by atoms with van der Waals surface area (Å²) in [5.41, 5.74) is 17.1. The molecule has 0 atom stereocenters. The Hall–Kier alpha value is -8.40. The van der Waals surface area contributed by atoms with Crippen LogP contribution in [0.15, 0.2) is 85.7 Å². The fourth-order valence-electron chi connectivity index (χ4n) is 11.6. The largest absolute Gasteiger partial charge is 0.508 e. The second-order valence-electron chi connectivity index (χ2n) is 19.3. The first-order chi connectivity index (χ1) is 34.4. The molecule has 0 radical (unpaired) electrons. The van der Waals surface area contributed by atoms with Crippen molar-refractivity contribution in [2.24, 2.45) is 14.1 Å². The van der Waals surface area contributed by atoms with Crippen molar-refractivity contribution in [1.29, 1.82) is 0 Å². The molecule has 2 aliphatic heterocycles. The third kappa shape index (κ3) is 6.94. The molecule has 0 saturated heterocycles. The highest BCUT2D eigenvalue weighted by Gasteiger charge is 2.37. The van der Waals surface area contributed by atoms with E-state index in [-0.39, 0.29) is 29.6 Å². The zero-order chi connectivity index (χ0) is 49.0. The Kier molecular flexibility index (Phi) is 10.3. The molecule has 16 heteroatoms. The van der Waals surface area contributed by atoms with E-state index in [2.05, 4.69) is 95.9 Å². The first kappa shape index (κ1) is 43.9. The first-order valence-electron chi connectivity index (χ1n) is 24.2. The molecular weight excluding hydrogens is 893 g/mol. The molecule has 16 nitrogen and oxygen atoms in total. The van der Waals surface area contributed by atoms with Crippen molar-refractivity contribution in [3.8, 4) is 39.8 Å². The second kappa shape index (κ2) is 16.6. The summed E-state index contributed by atoms with van der Waals surface area (Å²) in [7, 11) is 3.88. The Morgan fingerprint density at radius 1 is 0.606 bits per heavy atom. The highest BCUT2D eigenvalue weighted by molar-refractivity contribution is 6.21. The number of phenolic OH excluding ortho intramolecular Hbond substituents is 1. The van der Waals surface area contributed by atoms with Gasteiger partial charge in [-0.05, 0) is 131 Å². The molecule has 71 heavy (non-hydrogen) atoms. The smallest absolute Gasteiger partial charge is 0.321 e. The number of hydrogen-bond acceptors (Lipinski definition) is 10. The zero-order valence-electron chi connectivity index (χ0n) is 40.6. The van der Waals surface area contributed by atoms with Crippen molar-refractivity contribution in [2.75, 3.05) is 0 Å². The van der Waals surface area contributed by atoms with E-state index in [1.807, 2.05) is 54.8 Å². The standard InChI is InChI=1S/C27H24N6O2.C23H22N4O2.C5H6N2/c1-14(2)33-21-8-5-15(35-27-28-9-4-10-29-27)11-17(21)23-18-12-30-26(34)24(18)22-16(25(23)33)6-7-20-19(22)13-32(3)31-20;1-11(2)27-18-7-4-12(28)8-14(18)20-15-9-24-23(29)21(15)19-13(22(20)27)5-6-17-16(19)10-26(3)25-17;1-5-6-3-2-4-7-5/h4-5,8-11,13-14H,6-7,12H2,1-3H3,(H,30,34);4,7-8,10-11,28H,5-6,9H2,1-3H3,(H,24,29);2-4H,1H3. The van der Waals surface area contributed by atoms with Gasteiger partial charge in [-0.1, -0.05) is 0 Å². The van der Waals surface area contributed by atoms with Gasteiger partial charge in [0, 0.05) is 131 Å². The first-order valence-corrected chi connectivity index (χ1v) is 24.2. The van der Waals surface area contributed by atoms with Crippen molar-refractivity contribution >= 4 is 55.4 Å².